The molecule has 3 heteroatoms. The summed E-state index contributed by atoms with van der Waals surface area (Å²) >= 11 is 0. The molecule has 0 aliphatic heterocycles. The van der Waals surface area contributed by atoms with Crippen LogP contribution in [0.4, 0.5) is 0 Å². The Bertz CT molecular complexity index is 364. The molecule has 18 heavy (non-hydrogen) atoms. The molecule has 1 aromatic carbocycles. The van der Waals surface area contributed by atoms with E-state index in [1.807, 2.05) is 7.05 Å². The van der Waals surface area contributed by atoms with Gasteiger partial charge in [-0.25, -0.2) is 0 Å². The molecule has 0 aliphatic carbocycles. The van der Waals surface area contributed by atoms with E-state index in [1.165, 1.54) is 5.56 Å². The van der Waals surface area contributed by atoms with Gasteiger partial charge in [-0.05, 0) is 43.5 Å². The molecule has 0 bridgehead atoms. The molecule has 3 nitrogen and oxygen atoms in total. The van der Waals surface area contributed by atoms with Crippen LogP contribution in [0, 0.1) is 6.92 Å². The third-order valence-corrected chi connectivity index (χ3v) is 3.20. The lowest BCUT2D eigenvalue weighted by Crippen LogP contribution is -2.32. The topological polar surface area (TPSA) is 41.5 Å². The maximum Gasteiger partial charge on any atom is 0.122 e. The predicted molar refractivity (Wildman–Crippen MR) is 75.3 cm³/mol. The van der Waals surface area contributed by atoms with Crippen LogP contribution < -0.4 is 10.1 Å². The van der Waals surface area contributed by atoms with Crippen LogP contribution in [0.5, 0.6) is 5.75 Å². The molecule has 0 heterocycles. The van der Waals surface area contributed by atoms with E-state index in [-0.39, 0.29) is 12.6 Å². The number of likely N-dealkylation sites (N-methyl/N-ethyl adjacent to an activating group) is 1. The van der Waals surface area contributed by atoms with Crippen LogP contribution in [-0.4, -0.2) is 31.4 Å². The van der Waals surface area contributed by atoms with Gasteiger partial charge in [-0.15, -0.1) is 0 Å². The maximum absolute atomic E-state index is 8.94. The van der Waals surface area contributed by atoms with Gasteiger partial charge in [0.05, 0.1) is 0 Å². The van der Waals surface area contributed by atoms with Crippen molar-refractivity contribution in [3.8, 4) is 5.75 Å². The minimum Gasteiger partial charge on any atom is -0.492 e. The van der Waals surface area contributed by atoms with Gasteiger partial charge >= 0.3 is 0 Å². The molecule has 0 saturated heterocycles. The van der Waals surface area contributed by atoms with Crippen molar-refractivity contribution >= 4 is 0 Å². The van der Waals surface area contributed by atoms with E-state index in [0.29, 0.717) is 18.9 Å². The fourth-order valence-electron chi connectivity index (χ4n) is 1.79. The molecule has 1 unspecified atom stereocenters. The van der Waals surface area contributed by atoms with Gasteiger partial charge in [-0.3, -0.25) is 0 Å². The van der Waals surface area contributed by atoms with E-state index in [2.05, 4.69) is 44.3 Å². The number of nitrogens with one attached hydrogen (secondary N) is 1. The largest absolute Gasteiger partial charge is 0.492 e. The average Bonchev–Trinajstić information content (AvgIpc) is 2.35. The second kappa shape index (κ2) is 7.39. The molecule has 102 valence electrons. The van der Waals surface area contributed by atoms with Gasteiger partial charge < -0.3 is 15.2 Å². The third-order valence-electron chi connectivity index (χ3n) is 3.20. The van der Waals surface area contributed by atoms with E-state index >= 15 is 0 Å². The Labute approximate surface area is 110 Å². The first-order valence-electron chi connectivity index (χ1n) is 6.60. The lowest BCUT2D eigenvalue weighted by Gasteiger charge is -2.18. The van der Waals surface area contributed by atoms with Crippen molar-refractivity contribution in [3.63, 3.8) is 0 Å². The highest BCUT2D eigenvalue weighted by Crippen LogP contribution is 2.24. The van der Waals surface area contributed by atoms with Crippen LogP contribution in [0.2, 0.25) is 0 Å². The van der Waals surface area contributed by atoms with Crippen LogP contribution in [0.25, 0.3) is 0 Å². The minimum atomic E-state index is 0.180. The second-order valence-electron chi connectivity index (χ2n) is 4.99. The summed E-state index contributed by atoms with van der Waals surface area (Å²) in [6.45, 7) is 7.17. The molecule has 1 aromatic rings. The summed E-state index contributed by atoms with van der Waals surface area (Å²) in [7, 11) is 1.89. The normalized spacial score (nSPS) is 12.8. The Morgan fingerprint density at radius 2 is 2.06 bits per heavy atom. The van der Waals surface area contributed by atoms with Gasteiger partial charge in [0.2, 0.25) is 0 Å². The lowest BCUT2D eigenvalue weighted by molar-refractivity contribution is 0.218. The quantitative estimate of drug-likeness (QED) is 0.782. The number of ether oxygens (including phenoxy) is 1. The summed E-state index contributed by atoms with van der Waals surface area (Å²) in [5.41, 5.74) is 2.44. The van der Waals surface area contributed by atoms with Crippen molar-refractivity contribution in [1.29, 1.82) is 0 Å². The van der Waals surface area contributed by atoms with Crippen LogP contribution in [0.1, 0.15) is 37.3 Å². The standard InChI is InChI=1S/C15H25NO2/c1-11(2)13-6-5-12(3)15(9-13)18-10-14(16-4)7-8-17/h5-6,9,11,14,16-17H,7-8,10H2,1-4H3. The number of aryl methyl sites for hydroxylation is 1. The van der Waals surface area contributed by atoms with Gasteiger partial charge in [0.15, 0.2) is 0 Å². The molecular formula is C15H25NO2. The molecular weight excluding hydrogens is 226 g/mol. The summed E-state index contributed by atoms with van der Waals surface area (Å²) in [4.78, 5) is 0. The predicted octanol–water partition coefficient (Wildman–Crippen LogP) is 2.47. The zero-order valence-electron chi connectivity index (χ0n) is 11.9. The number of rotatable bonds is 7. The van der Waals surface area contributed by atoms with Gasteiger partial charge in [-0.2, -0.15) is 0 Å². The summed E-state index contributed by atoms with van der Waals surface area (Å²) in [5.74, 6) is 1.45. The first-order chi connectivity index (χ1) is 8.58. The third kappa shape index (κ3) is 4.31. The van der Waals surface area contributed by atoms with Crippen molar-refractivity contribution < 1.29 is 9.84 Å². The molecule has 0 fully saturated rings. The van der Waals surface area contributed by atoms with E-state index in [4.69, 9.17) is 9.84 Å². The van der Waals surface area contributed by atoms with Crippen LogP contribution in [-0.2, 0) is 0 Å². The number of hydrogen-bond acceptors (Lipinski definition) is 3. The zero-order chi connectivity index (χ0) is 13.5. The Morgan fingerprint density at radius 1 is 1.33 bits per heavy atom. The van der Waals surface area contributed by atoms with E-state index < -0.39 is 0 Å². The second-order valence-corrected chi connectivity index (χ2v) is 4.99. The van der Waals surface area contributed by atoms with E-state index in [0.717, 1.165) is 11.3 Å². The van der Waals surface area contributed by atoms with Crippen LogP contribution in [0.3, 0.4) is 0 Å². The first-order valence-corrected chi connectivity index (χ1v) is 6.60. The molecule has 0 aliphatic rings. The minimum absolute atomic E-state index is 0.180. The van der Waals surface area contributed by atoms with Gasteiger partial charge in [-0.1, -0.05) is 26.0 Å². The Hall–Kier alpha value is -1.06. The zero-order valence-corrected chi connectivity index (χ0v) is 11.9. The molecule has 0 aromatic heterocycles. The maximum atomic E-state index is 8.94. The Kier molecular flexibility index (Phi) is 6.16. The number of aliphatic hydroxyl groups excluding tert-OH is 1. The van der Waals surface area contributed by atoms with Crippen LogP contribution >= 0.6 is 0 Å². The highest BCUT2D eigenvalue weighted by atomic mass is 16.5. The van der Waals surface area contributed by atoms with E-state index in [1.54, 1.807) is 0 Å². The van der Waals surface area contributed by atoms with Crippen molar-refractivity contribution in [1.82, 2.24) is 5.32 Å². The summed E-state index contributed by atoms with van der Waals surface area (Å²) in [5, 5.41) is 12.1. The molecule has 0 amide bonds. The smallest absolute Gasteiger partial charge is 0.122 e. The van der Waals surface area contributed by atoms with Crippen LogP contribution in [0.15, 0.2) is 18.2 Å². The van der Waals surface area contributed by atoms with E-state index in [9.17, 15) is 0 Å². The number of aliphatic hydroxyl groups is 1. The van der Waals surface area contributed by atoms with Crippen molar-refractivity contribution in [2.24, 2.45) is 0 Å². The van der Waals surface area contributed by atoms with Gasteiger partial charge in [0, 0.05) is 12.6 Å². The molecule has 1 rings (SSSR count). The fourth-order valence-corrected chi connectivity index (χ4v) is 1.79. The highest BCUT2D eigenvalue weighted by Gasteiger charge is 2.09. The van der Waals surface area contributed by atoms with Crippen molar-refractivity contribution in [3.05, 3.63) is 29.3 Å². The molecule has 2 N–H and O–H groups in total. The van der Waals surface area contributed by atoms with Crippen molar-refractivity contribution in [2.45, 2.75) is 39.2 Å². The molecule has 0 spiro atoms. The van der Waals surface area contributed by atoms with Crippen molar-refractivity contribution in [2.75, 3.05) is 20.3 Å². The molecule has 0 saturated carbocycles. The summed E-state index contributed by atoms with van der Waals surface area (Å²) < 4.78 is 5.86. The SMILES string of the molecule is CNC(CCO)COc1cc(C(C)C)ccc1C. The Morgan fingerprint density at radius 3 is 2.61 bits per heavy atom. The van der Waals surface area contributed by atoms with Gasteiger partial charge in [0.25, 0.3) is 0 Å². The fraction of sp³-hybridized carbons (Fsp3) is 0.600. The summed E-state index contributed by atoms with van der Waals surface area (Å²) in [6.07, 6.45) is 0.708. The first kappa shape index (κ1) is 15.0. The lowest BCUT2D eigenvalue weighted by atomic mass is 10.0. The number of benzene rings is 1. The number of hydrogen-bond donors (Lipinski definition) is 2. The summed E-state index contributed by atoms with van der Waals surface area (Å²) in [6, 6.07) is 6.56. The average molecular weight is 251 g/mol. The molecule has 0 radical (unpaired) electrons. The molecule has 1 atom stereocenters. The Balaban J connectivity index is 2.68. The monoisotopic (exact) mass is 251 g/mol. The van der Waals surface area contributed by atoms with Gasteiger partial charge in [0.1, 0.15) is 12.4 Å². The highest BCUT2D eigenvalue weighted by molar-refractivity contribution is 5.37.